The van der Waals surface area contributed by atoms with Crippen LogP contribution in [0.1, 0.15) is 51.0 Å². The molecule has 0 aliphatic rings. The van der Waals surface area contributed by atoms with Crippen molar-refractivity contribution in [1.82, 2.24) is 15.6 Å². The first-order chi connectivity index (χ1) is 17.4. The van der Waals surface area contributed by atoms with Crippen LogP contribution in [0.15, 0.2) is 47.9 Å². The molecule has 2 aromatic rings. The molecule has 0 aliphatic heterocycles. The fraction of sp³-hybridized carbons (Fsp3) is 0.370. The van der Waals surface area contributed by atoms with Gasteiger partial charge in [0.2, 0.25) is 5.91 Å². The van der Waals surface area contributed by atoms with Crippen molar-refractivity contribution in [3.05, 3.63) is 53.6 Å². The van der Waals surface area contributed by atoms with Crippen LogP contribution < -0.4 is 10.6 Å². The van der Waals surface area contributed by atoms with E-state index in [0.29, 0.717) is 37.1 Å². The Kier molecular flexibility index (Phi) is 22.2. The molecule has 196 valence electrons. The van der Waals surface area contributed by atoms with Crippen LogP contribution in [-0.4, -0.2) is 53.0 Å². The quantitative estimate of drug-likeness (QED) is 0.231. The Labute approximate surface area is 218 Å². The number of nitrogens with zero attached hydrogens (tertiary/aromatic N) is 1. The van der Waals surface area contributed by atoms with Gasteiger partial charge in [-0.25, -0.2) is 4.98 Å². The molecule has 1 heterocycles. The van der Waals surface area contributed by atoms with Crippen LogP contribution in [0.25, 0.3) is 10.9 Å². The average Bonchev–Trinajstić information content (AvgIpc) is 2.90. The van der Waals surface area contributed by atoms with E-state index in [9.17, 15) is 14.4 Å². The van der Waals surface area contributed by atoms with Crippen LogP contribution >= 0.6 is 11.8 Å². The highest BCUT2D eigenvalue weighted by atomic mass is 32.2. The number of allylic oxidation sites excluding steroid dienone is 1. The van der Waals surface area contributed by atoms with E-state index < -0.39 is 5.97 Å². The molecular weight excluding hydrogens is 478 g/mol. The molecule has 0 fully saturated rings. The lowest BCUT2D eigenvalue weighted by Crippen LogP contribution is -2.34. The van der Waals surface area contributed by atoms with Crippen LogP contribution in [-0.2, 0) is 14.4 Å². The van der Waals surface area contributed by atoms with E-state index in [-0.39, 0.29) is 24.3 Å². The predicted octanol–water partition coefficient (Wildman–Crippen LogP) is 4.31. The normalized spacial score (nSPS) is 10.3. The summed E-state index contributed by atoms with van der Waals surface area (Å²) in [5, 5.41) is 15.8. The lowest BCUT2D eigenvalue weighted by Gasteiger charge is -2.15. The van der Waals surface area contributed by atoms with Gasteiger partial charge in [-0.1, -0.05) is 44.2 Å². The molecule has 0 bridgehead atoms. The molecule has 0 saturated heterocycles. The number of fused-ring (bicyclic) bond motifs is 1. The summed E-state index contributed by atoms with van der Waals surface area (Å²) in [6.45, 7) is 7.48. The molecular formula is C27H37N3O5S. The first-order valence-corrected chi connectivity index (χ1v) is 12.5. The molecule has 1 aromatic carbocycles. The Bertz CT molecular complexity index is 972. The fourth-order valence-electron chi connectivity index (χ4n) is 2.68. The molecule has 36 heavy (non-hydrogen) atoms. The van der Waals surface area contributed by atoms with Crippen molar-refractivity contribution in [3.8, 4) is 12.8 Å². The zero-order chi connectivity index (χ0) is 27.8. The molecule has 0 aliphatic carbocycles. The summed E-state index contributed by atoms with van der Waals surface area (Å²) < 4.78 is 0. The zero-order valence-electron chi connectivity index (χ0n) is 21.4. The van der Waals surface area contributed by atoms with E-state index in [1.165, 1.54) is 0 Å². The Morgan fingerprint density at radius 3 is 2.36 bits per heavy atom. The topological polar surface area (TPSA) is 125 Å². The molecule has 2 rings (SSSR count). The highest BCUT2D eigenvalue weighted by Gasteiger charge is 2.17. The molecule has 0 saturated carbocycles. The number of aliphatic carboxylic acids is 1. The second kappa shape index (κ2) is 23.1. The Morgan fingerprint density at radius 2 is 1.75 bits per heavy atom. The van der Waals surface area contributed by atoms with Crippen molar-refractivity contribution in [2.75, 3.05) is 18.8 Å². The standard InChI is InChI=1S/C21H25N3O3S.C2H4O2.C2H6.C2H2/c1-2-14-28-15-17(20(26)23-12-13-25)7-5-11-22-21(27)19-10-9-16-6-3-4-8-18(16)24-19;1-2(3)4;2*1-2/h2-4,6,8-10,13-14,17H,5,7,11-12,15H2,1H3,(H,22,27)(H,23,26);1H3,(H,3,4);1-2H3;1-2H/b14-2-;;;. The summed E-state index contributed by atoms with van der Waals surface area (Å²) in [6, 6.07) is 11.2. The number of carbonyl (C=O) groups is 4. The van der Waals surface area contributed by atoms with Gasteiger partial charge in [-0.05, 0) is 37.3 Å². The van der Waals surface area contributed by atoms with Crippen molar-refractivity contribution < 1.29 is 24.3 Å². The van der Waals surface area contributed by atoms with Gasteiger partial charge >= 0.3 is 0 Å². The molecule has 1 unspecified atom stereocenters. The number of carboxylic acids is 1. The summed E-state index contributed by atoms with van der Waals surface area (Å²) in [5.74, 6) is -0.769. The number of hydrogen-bond donors (Lipinski definition) is 3. The summed E-state index contributed by atoms with van der Waals surface area (Å²) in [4.78, 5) is 48.3. The Balaban J connectivity index is 0. The number of pyridine rings is 1. The van der Waals surface area contributed by atoms with E-state index in [1.54, 1.807) is 17.8 Å². The summed E-state index contributed by atoms with van der Waals surface area (Å²) >= 11 is 1.56. The van der Waals surface area contributed by atoms with Gasteiger partial charge in [-0.3, -0.25) is 14.4 Å². The Hall–Kier alpha value is -3.64. The number of amides is 2. The number of thioether (sulfide) groups is 1. The Morgan fingerprint density at radius 1 is 1.11 bits per heavy atom. The number of aldehydes is 1. The van der Waals surface area contributed by atoms with Gasteiger partial charge in [-0.2, -0.15) is 0 Å². The van der Waals surface area contributed by atoms with Gasteiger partial charge in [0.05, 0.1) is 12.1 Å². The third-order valence-corrected chi connectivity index (χ3v) is 5.17. The van der Waals surface area contributed by atoms with E-state index in [2.05, 4.69) is 28.5 Å². The third-order valence-electron chi connectivity index (χ3n) is 4.11. The predicted molar refractivity (Wildman–Crippen MR) is 148 cm³/mol. The molecule has 9 heteroatoms. The van der Waals surface area contributed by atoms with Crippen LogP contribution in [0.4, 0.5) is 0 Å². The molecule has 8 nitrogen and oxygen atoms in total. The average molecular weight is 516 g/mol. The second-order valence-electron chi connectivity index (χ2n) is 6.72. The third kappa shape index (κ3) is 16.1. The molecule has 0 radical (unpaired) electrons. The number of hydrogen-bond acceptors (Lipinski definition) is 6. The number of rotatable bonds is 11. The van der Waals surface area contributed by atoms with Gasteiger partial charge in [0.25, 0.3) is 11.9 Å². The highest BCUT2D eigenvalue weighted by Crippen LogP contribution is 2.16. The van der Waals surface area contributed by atoms with Crippen LogP contribution in [0.5, 0.6) is 0 Å². The number of terminal acetylenes is 1. The summed E-state index contributed by atoms with van der Waals surface area (Å²) in [5.41, 5.74) is 1.16. The monoisotopic (exact) mass is 515 g/mol. The lowest BCUT2D eigenvalue weighted by atomic mass is 10.0. The maximum Gasteiger partial charge on any atom is 0.300 e. The maximum atomic E-state index is 12.3. The van der Waals surface area contributed by atoms with Crippen LogP contribution in [0.3, 0.4) is 0 Å². The smallest absolute Gasteiger partial charge is 0.300 e. The second-order valence-corrected chi connectivity index (χ2v) is 7.66. The highest BCUT2D eigenvalue weighted by molar-refractivity contribution is 8.02. The largest absolute Gasteiger partial charge is 0.481 e. The van der Waals surface area contributed by atoms with E-state index >= 15 is 0 Å². The lowest BCUT2D eigenvalue weighted by molar-refractivity contribution is -0.134. The van der Waals surface area contributed by atoms with E-state index in [0.717, 1.165) is 17.8 Å². The van der Waals surface area contributed by atoms with Crippen LogP contribution in [0, 0.1) is 18.8 Å². The fourth-order valence-corrected chi connectivity index (χ4v) is 3.53. The minimum Gasteiger partial charge on any atom is -0.481 e. The number of para-hydroxylation sites is 1. The van der Waals surface area contributed by atoms with Gasteiger partial charge in [0, 0.05) is 30.5 Å². The summed E-state index contributed by atoms with van der Waals surface area (Å²) in [6.07, 6.45) is 11.9. The van der Waals surface area contributed by atoms with Crippen molar-refractivity contribution in [2.45, 2.75) is 40.5 Å². The van der Waals surface area contributed by atoms with Crippen LogP contribution in [0.2, 0.25) is 0 Å². The van der Waals surface area contributed by atoms with Crippen molar-refractivity contribution in [1.29, 1.82) is 0 Å². The van der Waals surface area contributed by atoms with Gasteiger partial charge in [0.15, 0.2) is 0 Å². The van der Waals surface area contributed by atoms with Crippen molar-refractivity contribution in [2.24, 2.45) is 5.92 Å². The first kappa shape index (κ1) is 34.5. The number of nitrogens with one attached hydrogen (secondary N) is 2. The minimum absolute atomic E-state index is 0.0218. The molecule has 2 amide bonds. The van der Waals surface area contributed by atoms with E-state index in [1.807, 2.05) is 62.6 Å². The molecule has 1 atom stereocenters. The zero-order valence-corrected chi connectivity index (χ0v) is 22.2. The minimum atomic E-state index is -0.833. The maximum absolute atomic E-state index is 12.3. The van der Waals surface area contributed by atoms with Crippen molar-refractivity contribution in [3.63, 3.8) is 0 Å². The van der Waals surface area contributed by atoms with Gasteiger partial charge in [0.1, 0.15) is 12.0 Å². The SMILES string of the molecule is C#C.C/C=C\SCC(CCCNC(=O)c1ccc2ccccc2n1)C(=O)NCC=O.CC.CC(=O)O. The molecule has 1 aromatic heterocycles. The van der Waals surface area contributed by atoms with Gasteiger partial charge < -0.3 is 20.5 Å². The van der Waals surface area contributed by atoms with Gasteiger partial charge in [-0.15, -0.1) is 24.6 Å². The number of benzene rings is 1. The number of aromatic nitrogens is 1. The number of carbonyl (C=O) groups excluding carboxylic acids is 3. The first-order valence-electron chi connectivity index (χ1n) is 11.5. The van der Waals surface area contributed by atoms with Crippen molar-refractivity contribution >= 4 is 46.7 Å². The molecule has 3 N–H and O–H groups in total. The summed E-state index contributed by atoms with van der Waals surface area (Å²) in [7, 11) is 0. The number of carboxylic acid groups (broad SMARTS) is 1. The van der Waals surface area contributed by atoms with E-state index in [4.69, 9.17) is 9.90 Å². The molecule has 0 spiro atoms.